The summed E-state index contributed by atoms with van der Waals surface area (Å²) < 4.78 is 23.5. The van der Waals surface area contributed by atoms with E-state index in [1.165, 1.54) is 15.3 Å². The van der Waals surface area contributed by atoms with Crippen LogP contribution in [0.3, 0.4) is 0 Å². The van der Waals surface area contributed by atoms with Crippen molar-refractivity contribution in [2.24, 2.45) is 0 Å². The second kappa shape index (κ2) is 10.3. The summed E-state index contributed by atoms with van der Waals surface area (Å²) >= 11 is 0. The van der Waals surface area contributed by atoms with Crippen LogP contribution >= 0.6 is 0 Å². The Morgan fingerprint density at radius 1 is 1.24 bits per heavy atom. The van der Waals surface area contributed by atoms with Crippen LogP contribution in [-0.2, 0) is 41.1 Å². The Morgan fingerprint density at radius 2 is 2.02 bits per heavy atom. The third-order valence-electron chi connectivity index (χ3n) is 9.50. The van der Waals surface area contributed by atoms with Gasteiger partial charge in [0.15, 0.2) is 5.60 Å². The highest BCUT2D eigenvalue weighted by Gasteiger charge is 2.46. The fourth-order valence-corrected chi connectivity index (χ4v) is 7.12. The zero-order valence-electron chi connectivity index (χ0n) is 25.4. The molecule has 3 aliphatic rings. The van der Waals surface area contributed by atoms with Gasteiger partial charge in [-0.25, -0.2) is 18.9 Å². The van der Waals surface area contributed by atoms with Crippen molar-refractivity contribution in [2.75, 3.05) is 6.61 Å². The Balaban J connectivity index is 1.43. The minimum absolute atomic E-state index is 0.00697. The fourth-order valence-electron chi connectivity index (χ4n) is 7.12. The zero-order valence-corrected chi connectivity index (χ0v) is 25.4. The normalized spacial score (nSPS) is 19.8. The molecule has 0 unspecified atom stereocenters. The first kappa shape index (κ1) is 29.2. The minimum Gasteiger partial charge on any atom is -0.458 e. The van der Waals surface area contributed by atoms with E-state index in [9.17, 15) is 24.6 Å². The predicted octanol–water partition coefficient (Wildman–Crippen LogP) is 2.65. The number of hydrogen-bond donors (Lipinski definition) is 3. The van der Waals surface area contributed by atoms with Gasteiger partial charge in [-0.2, -0.15) is 0 Å². The quantitative estimate of drug-likeness (QED) is 0.244. The number of cyclic esters (lactones) is 1. The minimum atomic E-state index is -1.98. The molecule has 7 rings (SSSR count). The number of aliphatic hydroxyl groups is 2. The van der Waals surface area contributed by atoms with Crippen molar-refractivity contribution in [1.29, 1.82) is 0 Å². The molecule has 3 N–H and O–H groups in total. The molecule has 2 atom stereocenters. The maximum Gasteiger partial charge on any atom is 0.343 e. The third-order valence-corrected chi connectivity index (χ3v) is 9.50. The summed E-state index contributed by atoms with van der Waals surface area (Å²) in [6, 6.07) is 2.31. The number of carbonyl (C=O) groups excluding carboxylic acids is 2. The Morgan fingerprint density at radius 3 is 2.73 bits per heavy atom. The number of esters is 1. The van der Waals surface area contributed by atoms with Gasteiger partial charge in [0.25, 0.3) is 11.5 Å². The number of amides is 1. The number of rotatable bonds is 6. The predicted molar refractivity (Wildman–Crippen MR) is 159 cm³/mol. The van der Waals surface area contributed by atoms with Crippen LogP contribution in [0.5, 0.6) is 0 Å². The van der Waals surface area contributed by atoms with Gasteiger partial charge in [0.05, 0.1) is 40.7 Å². The molecule has 1 amide bonds. The van der Waals surface area contributed by atoms with Gasteiger partial charge in [-0.05, 0) is 62.8 Å². The van der Waals surface area contributed by atoms with Crippen molar-refractivity contribution in [3.05, 3.63) is 73.1 Å². The fraction of sp³-hybridized carbons (Fsp3) is 0.438. The van der Waals surface area contributed by atoms with Gasteiger partial charge in [0.1, 0.15) is 18.1 Å². The van der Waals surface area contributed by atoms with Crippen LogP contribution < -0.4 is 10.9 Å². The summed E-state index contributed by atoms with van der Waals surface area (Å²) in [5.74, 6) is -1.62. The highest BCUT2D eigenvalue weighted by molar-refractivity contribution is 5.97. The van der Waals surface area contributed by atoms with Crippen molar-refractivity contribution < 1.29 is 28.9 Å². The molecule has 0 bridgehead atoms. The molecule has 0 radical (unpaired) electrons. The number of aromatic nitrogens is 5. The highest BCUT2D eigenvalue weighted by atomic mass is 19.1. The van der Waals surface area contributed by atoms with Gasteiger partial charge in [0, 0.05) is 41.6 Å². The lowest BCUT2D eigenvalue weighted by molar-refractivity contribution is -0.172. The number of carbonyl (C=O) groups is 2. The molecule has 0 fully saturated rings. The monoisotopic (exact) mass is 616 g/mol. The summed E-state index contributed by atoms with van der Waals surface area (Å²) in [6.07, 6.45) is 1.13. The number of aryl methyl sites for hydroxylation is 1. The first-order valence-electron chi connectivity index (χ1n) is 15.2. The van der Waals surface area contributed by atoms with Gasteiger partial charge >= 0.3 is 5.97 Å². The third kappa shape index (κ3) is 4.10. The van der Waals surface area contributed by atoms with E-state index in [0.29, 0.717) is 46.6 Å². The van der Waals surface area contributed by atoms with Crippen LogP contribution in [0.2, 0.25) is 0 Å². The molecule has 12 nitrogen and oxygen atoms in total. The van der Waals surface area contributed by atoms with Gasteiger partial charge in [-0.15, -0.1) is 5.10 Å². The first-order valence-corrected chi connectivity index (χ1v) is 15.2. The molecule has 234 valence electrons. The second-order valence-electron chi connectivity index (χ2n) is 12.3. The molecule has 45 heavy (non-hydrogen) atoms. The van der Waals surface area contributed by atoms with Gasteiger partial charge in [-0.3, -0.25) is 9.59 Å². The van der Waals surface area contributed by atoms with Gasteiger partial charge < -0.3 is 24.8 Å². The van der Waals surface area contributed by atoms with Crippen LogP contribution in [0.4, 0.5) is 4.39 Å². The summed E-state index contributed by atoms with van der Waals surface area (Å²) in [4.78, 5) is 45.3. The van der Waals surface area contributed by atoms with Gasteiger partial charge in [0.2, 0.25) is 0 Å². The first-order chi connectivity index (χ1) is 21.5. The Bertz CT molecular complexity index is 2020. The molecule has 0 saturated heterocycles. The molecule has 1 aliphatic carbocycles. The van der Waals surface area contributed by atoms with Crippen LogP contribution in [0.1, 0.15) is 95.3 Å². The summed E-state index contributed by atoms with van der Waals surface area (Å²) in [7, 11) is 0. The van der Waals surface area contributed by atoms with Crippen molar-refractivity contribution in [3.63, 3.8) is 0 Å². The lowest BCUT2D eigenvalue weighted by Gasteiger charge is -2.31. The number of hydrogen-bond acceptors (Lipinski definition) is 9. The average molecular weight is 617 g/mol. The standard InChI is InChI=1S/C32H33FN6O6/c1-5-32(44)19-10-24-27-17(12-38(24)30(42)18(19)13-45-31(32)43)26-21(7-6-16-15(4)20(33)11-23(34-27)25(16)26)35-29(41)28-22(8-9-40)36-37-39(28)14(2)3/h10-11,14,21,40,44H,5-9,12-13H2,1-4H3,(H,35,41)/t21-,32-/m0/s1. The number of aliphatic hydroxyl groups excluding tert-OH is 1. The van der Waals surface area contributed by atoms with Crippen molar-refractivity contribution in [3.8, 4) is 11.4 Å². The van der Waals surface area contributed by atoms with E-state index < -0.39 is 34.9 Å². The zero-order chi connectivity index (χ0) is 31.9. The van der Waals surface area contributed by atoms with Crippen LogP contribution in [0.15, 0.2) is 16.9 Å². The molecule has 4 aromatic rings. The van der Waals surface area contributed by atoms with Crippen molar-refractivity contribution in [1.82, 2.24) is 29.9 Å². The molecular formula is C32H33FN6O6. The Hall–Kier alpha value is -4.49. The maximum atomic E-state index is 15.2. The van der Waals surface area contributed by atoms with E-state index in [-0.39, 0.29) is 55.5 Å². The largest absolute Gasteiger partial charge is 0.458 e. The van der Waals surface area contributed by atoms with Crippen LogP contribution in [0, 0.1) is 12.7 Å². The molecule has 5 heterocycles. The number of fused-ring (bicyclic) bond motifs is 5. The van der Waals surface area contributed by atoms with E-state index in [1.807, 2.05) is 13.8 Å². The molecule has 3 aromatic heterocycles. The summed E-state index contributed by atoms with van der Waals surface area (Å²) in [5.41, 5.74) is 2.63. The molecule has 2 aliphatic heterocycles. The Kier molecular flexibility index (Phi) is 6.68. The van der Waals surface area contributed by atoms with E-state index in [0.717, 1.165) is 16.5 Å². The molecular weight excluding hydrogens is 583 g/mol. The van der Waals surface area contributed by atoms with Crippen LogP contribution in [-0.4, -0.2) is 53.2 Å². The van der Waals surface area contributed by atoms with E-state index in [1.54, 1.807) is 19.9 Å². The van der Waals surface area contributed by atoms with Crippen molar-refractivity contribution in [2.45, 2.75) is 84.2 Å². The lowest BCUT2D eigenvalue weighted by atomic mass is 9.81. The summed E-state index contributed by atoms with van der Waals surface area (Å²) in [5, 5.41) is 33.1. The summed E-state index contributed by atoms with van der Waals surface area (Å²) in [6.45, 7) is 6.81. The molecule has 0 saturated carbocycles. The molecule has 1 aromatic carbocycles. The maximum absolute atomic E-state index is 15.2. The molecule has 13 heteroatoms. The SMILES string of the molecule is CC[C@@]1(O)C(=O)OCc2c1cc1n(c2=O)Cc2c-1nc1cc(F)c(C)c3c1c2[C@@H](NC(=O)c1c(CCO)nnn1C(C)C)CC3. The van der Waals surface area contributed by atoms with Crippen LogP contribution in [0.25, 0.3) is 22.3 Å². The average Bonchev–Trinajstić information content (AvgIpc) is 3.61. The number of halogens is 1. The number of nitrogens with zero attached hydrogens (tertiary/aromatic N) is 5. The highest BCUT2D eigenvalue weighted by Crippen LogP contribution is 2.46. The van der Waals surface area contributed by atoms with Gasteiger partial charge in [-0.1, -0.05) is 12.1 Å². The van der Waals surface area contributed by atoms with Crippen molar-refractivity contribution >= 4 is 22.8 Å². The number of ether oxygens (including phenoxy) is 1. The van der Waals surface area contributed by atoms with E-state index in [4.69, 9.17) is 9.72 Å². The van der Waals surface area contributed by atoms with E-state index in [2.05, 4.69) is 15.6 Å². The second-order valence-corrected chi connectivity index (χ2v) is 12.3. The smallest absolute Gasteiger partial charge is 0.343 e. The molecule has 0 spiro atoms. The Labute approximate surface area is 256 Å². The topological polar surface area (TPSA) is 161 Å². The lowest BCUT2D eigenvalue weighted by Crippen LogP contribution is -2.44. The number of nitrogens with one attached hydrogen (secondary N) is 1. The number of benzene rings is 1. The number of pyridine rings is 2. The van der Waals surface area contributed by atoms with E-state index >= 15 is 4.39 Å².